The van der Waals surface area contributed by atoms with Gasteiger partial charge in [-0.1, -0.05) is 37.3 Å². The summed E-state index contributed by atoms with van der Waals surface area (Å²) in [6.07, 6.45) is 2.04. The molecule has 1 unspecified atom stereocenters. The minimum atomic E-state index is -0.418. The third kappa shape index (κ3) is 2.88. The number of hydrogen-bond acceptors (Lipinski definition) is 3. The summed E-state index contributed by atoms with van der Waals surface area (Å²) < 4.78 is 5.92. The van der Waals surface area contributed by atoms with Gasteiger partial charge in [-0.2, -0.15) is 0 Å². The lowest BCUT2D eigenvalue weighted by Gasteiger charge is -2.11. The molecule has 0 bridgehead atoms. The van der Waals surface area contributed by atoms with E-state index in [-0.39, 0.29) is 0 Å². The zero-order valence-corrected chi connectivity index (χ0v) is 11.9. The van der Waals surface area contributed by atoms with Crippen molar-refractivity contribution in [1.29, 1.82) is 0 Å². The van der Waals surface area contributed by atoms with Gasteiger partial charge in [0.1, 0.15) is 11.3 Å². The number of benzene rings is 2. The number of aliphatic hydroxyl groups excluding tert-OH is 1. The molecule has 2 aromatic carbocycles. The molecule has 0 aliphatic carbocycles. The molecule has 0 amide bonds. The van der Waals surface area contributed by atoms with E-state index in [4.69, 9.17) is 4.74 Å². The van der Waals surface area contributed by atoms with Crippen LogP contribution in [0.15, 0.2) is 60.8 Å². The lowest BCUT2D eigenvalue weighted by molar-refractivity contribution is 0.173. The molecule has 1 heterocycles. The Morgan fingerprint density at radius 1 is 1.05 bits per heavy atom. The van der Waals surface area contributed by atoms with Crippen LogP contribution in [0.5, 0.6) is 11.5 Å². The molecular formula is C18H17NO2. The smallest absolute Gasteiger partial charge is 0.153 e. The van der Waals surface area contributed by atoms with Crippen LogP contribution in [-0.2, 0) is 0 Å². The van der Waals surface area contributed by atoms with Crippen molar-refractivity contribution >= 4 is 10.9 Å². The highest BCUT2D eigenvalue weighted by Crippen LogP contribution is 2.29. The van der Waals surface area contributed by atoms with Crippen molar-refractivity contribution in [2.45, 2.75) is 19.4 Å². The Labute approximate surface area is 123 Å². The van der Waals surface area contributed by atoms with Crippen molar-refractivity contribution in [3.63, 3.8) is 0 Å². The van der Waals surface area contributed by atoms with Gasteiger partial charge in [0.25, 0.3) is 0 Å². The number of nitrogens with zero attached hydrogens (tertiary/aromatic N) is 1. The fourth-order valence-electron chi connectivity index (χ4n) is 2.28. The topological polar surface area (TPSA) is 42.4 Å². The molecular weight excluding hydrogens is 262 g/mol. The molecule has 3 nitrogen and oxygen atoms in total. The van der Waals surface area contributed by atoms with Crippen molar-refractivity contribution in [3.05, 3.63) is 66.4 Å². The van der Waals surface area contributed by atoms with Crippen LogP contribution in [0.2, 0.25) is 0 Å². The van der Waals surface area contributed by atoms with E-state index in [1.54, 1.807) is 6.20 Å². The zero-order valence-electron chi connectivity index (χ0n) is 11.9. The van der Waals surface area contributed by atoms with Gasteiger partial charge in [-0.15, -0.1) is 0 Å². The summed E-state index contributed by atoms with van der Waals surface area (Å²) in [5.74, 6) is 1.47. The lowest BCUT2D eigenvalue weighted by Crippen LogP contribution is -1.94. The van der Waals surface area contributed by atoms with Crippen molar-refractivity contribution in [1.82, 2.24) is 4.98 Å². The molecule has 106 valence electrons. The Hall–Kier alpha value is -2.39. The van der Waals surface area contributed by atoms with Gasteiger partial charge < -0.3 is 9.84 Å². The zero-order chi connectivity index (χ0) is 14.7. The molecule has 0 fully saturated rings. The highest BCUT2D eigenvalue weighted by molar-refractivity contribution is 5.84. The third-order valence-corrected chi connectivity index (χ3v) is 3.48. The SMILES string of the molecule is CCC(O)c1ccc(Oc2cccc3cccnc23)cc1. The van der Waals surface area contributed by atoms with E-state index in [0.717, 1.165) is 28.0 Å². The summed E-state index contributed by atoms with van der Waals surface area (Å²) >= 11 is 0. The van der Waals surface area contributed by atoms with Crippen LogP contribution in [-0.4, -0.2) is 10.1 Å². The predicted molar refractivity (Wildman–Crippen MR) is 83.5 cm³/mol. The molecule has 3 aromatic rings. The van der Waals surface area contributed by atoms with Crippen LogP contribution in [0, 0.1) is 0 Å². The summed E-state index contributed by atoms with van der Waals surface area (Å²) in [4.78, 5) is 4.37. The number of rotatable bonds is 4. The first-order chi connectivity index (χ1) is 10.3. The highest BCUT2D eigenvalue weighted by atomic mass is 16.5. The Kier molecular flexibility index (Phi) is 3.84. The van der Waals surface area contributed by atoms with Gasteiger partial charge >= 0.3 is 0 Å². The van der Waals surface area contributed by atoms with Crippen LogP contribution >= 0.6 is 0 Å². The van der Waals surface area contributed by atoms with Crippen LogP contribution in [0.3, 0.4) is 0 Å². The van der Waals surface area contributed by atoms with Crippen molar-refractivity contribution < 1.29 is 9.84 Å². The number of fused-ring (bicyclic) bond motifs is 1. The molecule has 0 aliphatic heterocycles. The molecule has 1 atom stereocenters. The van der Waals surface area contributed by atoms with Crippen LogP contribution in [0.1, 0.15) is 25.0 Å². The van der Waals surface area contributed by atoms with E-state index in [2.05, 4.69) is 4.98 Å². The summed E-state index contributed by atoms with van der Waals surface area (Å²) in [7, 11) is 0. The quantitative estimate of drug-likeness (QED) is 0.766. The monoisotopic (exact) mass is 279 g/mol. The largest absolute Gasteiger partial charge is 0.455 e. The maximum Gasteiger partial charge on any atom is 0.153 e. The van der Waals surface area contributed by atoms with Crippen molar-refractivity contribution in [3.8, 4) is 11.5 Å². The molecule has 1 N–H and O–H groups in total. The standard InChI is InChI=1S/C18H17NO2/c1-2-16(20)13-8-10-15(11-9-13)21-17-7-3-5-14-6-4-12-19-18(14)17/h3-12,16,20H,2H2,1H3. The maximum absolute atomic E-state index is 9.80. The number of pyridine rings is 1. The fraction of sp³-hybridized carbons (Fsp3) is 0.167. The van der Waals surface area contributed by atoms with Gasteiger partial charge in [-0.25, -0.2) is 0 Å². The Bertz CT molecular complexity index is 732. The Balaban J connectivity index is 1.88. The van der Waals surface area contributed by atoms with Crippen molar-refractivity contribution in [2.24, 2.45) is 0 Å². The average molecular weight is 279 g/mol. The first-order valence-electron chi connectivity index (χ1n) is 7.07. The van der Waals surface area contributed by atoms with Gasteiger partial charge in [-0.3, -0.25) is 4.98 Å². The number of para-hydroxylation sites is 1. The summed E-state index contributed by atoms with van der Waals surface area (Å²) in [5.41, 5.74) is 1.75. The second-order valence-electron chi connectivity index (χ2n) is 4.93. The van der Waals surface area contributed by atoms with E-state index >= 15 is 0 Å². The fourth-order valence-corrected chi connectivity index (χ4v) is 2.28. The molecule has 0 saturated carbocycles. The molecule has 21 heavy (non-hydrogen) atoms. The first kappa shape index (κ1) is 13.6. The molecule has 3 heteroatoms. The number of aromatic nitrogens is 1. The number of aliphatic hydroxyl groups is 1. The van der Waals surface area contributed by atoms with Gasteiger partial charge in [0.15, 0.2) is 5.75 Å². The maximum atomic E-state index is 9.80. The first-order valence-corrected chi connectivity index (χ1v) is 7.07. The number of ether oxygens (including phenoxy) is 1. The lowest BCUT2D eigenvalue weighted by atomic mass is 10.1. The predicted octanol–water partition coefficient (Wildman–Crippen LogP) is 4.47. The minimum Gasteiger partial charge on any atom is -0.455 e. The van der Waals surface area contributed by atoms with E-state index in [1.807, 2.05) is 61.5 Å². The van der Waals surface area contributed by atoms with Crippen LogP contribution < -0.4 is 4.74 Å². The van der Waals surface area contributed by atoms with Gasteiger partial charge in [0, 0.05) is 11.6 Å². The van der Waals surface area contributed by atoms with E-state index in [9.17, 15) is 5.11 Å². The average Bonchev–Trinajstić information content (AvgIpc) is 2.55. The minimum absolute atomic E-state index is 0.418. The second-order valence-corrected chi connectivity index (χ2v) is 4.93. The van der Waals surface area contributed by atoms with Crippen LogP contribution in [0.25, 0.3) is 10.9 Å². The molecule has 3 rings (SSSR count). The van der Waals surface area contributed by atoms with Gasteiger partial charge in [-0.05, 0) is 36.2 Å². The van der Waals surface area contributed by atoms with Gasteiger partial charge in [0.05, 0.1) is 6.10 Å². The normalized spacial score (nSPS) is 12.3. The molecule has 0 aliphatic rings. The van der Waals surface area contributed by atoms with E-state index in [0.29, 0.717) is 6.42 Å². The Morgan fingerprint density at radius 3 is 2.57 bits per heavy atom. The molecule has 0 radical (unpaired) electrons. The summed E-state index contributed by atoms with van der Waals surface area (Å²) in [5, 5.41) is 10.8. The second kappa shape index (κ2) is 5.94. The van der Waals surface area contributed by atoms with E-state index < -0.39 is 6.10 Å². The summed E-state index contributed by atoms with van der Waals surface area (Å²) in [6, 6.07) is 17.3. The van der Waals surface area contributed by atoms with E-state index in [1.165, 1.54) is 0 Å². The van der Waals surface area contributed by atoms with Gasteiger partial charge in [0.2, 0.25) is 0 Å². The summed E-state index contributed by atoms with van der Waals surface area (Å²) in [6.45, 7) is 1.96. The Morgan fingerprint density at radius 2 is 1.81 bits per heavy atom. The van der Waals surface area contributed by atoms with Crippen LogP contribution in [0.4, 0.5) is 0 Å². The highest BCUT2D eigenvalue weighted by Gasteiger charge is 2.07. The number of hydrogen-bond donors (Lipinski definition) is 1. The molecule has 0 saturated heterocycles. The third-order valence-electron chi connectivity index (χ3n) is 3.48. The molecule has 0 spiro atoms. The molecule has 1 aromatic heterocycles. The van der Waals surface area contributed by atoms with Crippen molar-refractivity contribution in [2.75, 3.05) is 0 Å².